The normalized spacial score (nSPS) is 20.8. The summed E-state index contributed by atoms with van der Waals surface area (Å²) in [5.41, 5.74) is 5.71. The van der Waals surface area contributed by atoms with E-state index in [2.05, 4.69) is 5.32 Å². The number of nitrogens with zero attached hydrogens (tertiary/aromatic N) is 1. The van der Waals surface area contributed by atoms with Crippen LogP contribution in [0.4, 0.5) is 4.79 Å². The first kappa shape index (κ1) is 17.8. The minimum atomic E-state index is -1.21. The number of primary amides is 1. The van der Waals surface area contributed by atoms with Crippen LogP contribution >= 0.6 is 0 Å². The lowest BCUT2D eigenvalue weighted by molar-refractivity contribution is -0.131. The number of carbonyl (C=O) groups excluding carboxylic acids is 3. The minimum absolute atomic E-state index is 0.0872. The van der Waals surface area contributed by atoms with Gasteiger partial charge in [-0.2, -0.15) is 0 Å². The SMILES string of the molecule is C[C@@]1(c2ccc3c(c2)OCCO3)NC(=O)N(Cc2ccc(C(N)=O)cc2)C1=O. The molecular weight excluding hydrogens is 362 g/mol. The summed E-state index contributed by atoms with van der Waals surface area (Å²) < 4.78 is 11.1. The molecule has 0 spiro atoms. The van der Waals surface area contributed by atoms with Crippen LogP contribution in [-0.4, -0.2) is 36.0 Å². The van der Waals surface area contributed by atoms with E-state index < -0.39 is 17.5 Å². The monoisotopic (exact) mass is 381 g/mol. The fourth-order valence-electron chi connectivity index (χ4n) is 3.35. The van der Waals surface area contributed by atoms with Gasteiger partial charge in [-0.15, -0.1) is 0 Å². The van der Waals surface area contributed by atoms with Gasteiger partial charge in [0.25, 0.3) is 5.91 Å². The van der Waals surface area contributed by atoms with Crippen LogP contribution in [0, 0.1) is 0 Å². The lowest BCUT2D eigenvalue weighted by Gasteiger charge is -2.25. The zero-order valence-corrected chi connectivity index (χ0v) is 15.2. The van der Waals surface area contributed by atoms with E-state index in [4.69, 9.17) is 15.2 Å². The van der Waals surface area contributed by atoms with E-state index in [1.165, 1.54) is 0 Å². The van der Waals surface area contributed by atoms with Crippen molar-refractivity contribution in [2.45, 2.75) is 19.0 Å². The van der Waals surface area contributed by atoms with Gasteiger partial charge in [0.1, 0.15) is 18.8 Å². The molecule has 2 heterocycles. The Balaban J connectivity index is 1.58. The number of hydrogen-bond acceptors (Lipinski definition) is 5. The first-order valence-corrected chi connectivity index (χ1v) is 8.81. The molecule has 8 nitrogen and oxygen atoms in total. The van der Waals surface area contributed by atoms with Crippen molar-refractivity contribution in [3.05, 3.63) is 59.2 Å². The van der Waals surface area contributed by atoms with Gasteiger partial charge in [0.15, 0.2) is 11.5 Å². The van der Waals surface area contributed by atoms with Gasteiger partial charge in [-0.25, -0.2) is 4.79 Å². The molecule has 144 valence electrons. The topological polar surface area (TPSA) is 111 Å². The number of rotatable bonds is 4. The average molecular weight is 381 g/mol. The number of amides is 4. The van der Waals surface area contributed by atoms with Crippen molar-refractivity contribution >= 4 is 17.8 Å². The zero-order valence-electron chi connectivity index (χ0n) is 15.2. The van der Waals surface area contributed by atoms with Crippen molar-refractivity contribution in [2.24, 2.45) is 5.73 Å². The highest BCUT2D eigenvalue weighted by molar-refractivity contribution is 6.07. The van der Waals surface area contributed by atoms with Crippen LogP contribution in [0.5, 0.6) is 11.5 Å². The van der Waals surface area contributed by atoms with E-state index in [0.29, 0.717) is 41.4 Å². The lowest BCUT2D eigenvalue weighted by atomic mass is 9.91. The predicted molar refractivity (Wildman–Crippen MR) is 98.8 cm³/mol. The Morgan fingerprint density at radius 1 is 1.11 bits per heavy atom. The number of hydrogen-bond donors (Lipinski definition) is 2. The van der Waals surface area contributed by atoms with Gasteiger partial charge in [-0.3, -0.25) is 14.5 Å². The molecule has 2 aliphatic heterocycles. The maximum Gasteiger partial charge on any atom is 0.325 e. The Bertz CT molecular complexity index is 972. The molecule has 2 aromatic carbocycles. The lowest BCUT2D eigenvalue weighted by Crippen LogP contribution is -2.41. The second-order valence-corrected chi connectivity index (χ2v) is 6.87. The number of fused-ring (bicyclic) bond motifs is 1. The van der Waals surface area contributed by atoms with Gasteiger partial charge in [0, 0.05) is 5.56 Å². The Morgan fingerprint density at radius 2 is 1.79 bits per heavy atom. The van der Waals surface area contributed by atoms with Gasteiger partial charge >= 0.3 is 6.03 Å². The number of urea groups is 1. The molecule has 1 atom stereocenters. The molecule has 2 aromatic rings. The smallest absolute Gasteiger partial charge is 0.325 e. The molecule has 2 aliphatic rings. The maximum absolute atomic E-state index is 13.1. The highest BCUT2D eigenvalue weighted by Gasteiger charge is 2.49. The Kier molecular flexibility index (Phi) is 4.18. The number of benzene rings is 2. The number of nitrogens with one attached hydrogen (secondary N) is 1. The van der Waals surface area contributed by atoms with Crippen molar-refractivity contribution < 1.29 is 23.9 Å². The van der Waals surface area contributed by atoms with Gasteiger partial charge in [-0.1, -0.05) is 18.2 Å². The fraction of sp³-hybridized carbons (Fsp3) is 0.250. The third-order valence-electron chi connectivity index (χ3n) is 4.97. The summed E-state index contributed by atoms with van der Waals surface area (Å²) in [4.78, 5) is 37.9. The summed E-state index contributed by atoms with van der Waals surface area (Å²) in [6.07, 6.45) is 0. The van der Waals surface area contributed by atoms with E-state index >= 15 is 0 Å². The van der Waals surface area contributed by atoms with E-state index in [0.717, 1.165) is 4.90 Å². The van der Waals surface area contributed by atoms with E-state index in [1.807, 2.05) is 0 Å². The van der Waals surface area contributed by atoms with Crippen molar-refractivity contribution in [1.29, 1.82) is 0 Å². The molecule has 3 N–H and O–H groups in total. The van der Waals surface area contributed by atoms with Crippen molar-refractivity contribution in [3.63, 3.8) is 0 Å². The summed E-state index contributed by atoms with van der Waals surface area (Å²) in [6, 6.07) is 11.2. The fourth-order valence-corrected chi connectivity index (χ4v) is 3.35. The summed E-state index contributed by atoms with van der Waals surface area (Å²) in [5.74, 6) is 0.259. The summed E-state index contributed by atoms with van der Waals surface area (Å²) >= 11 is 0. The Hall–Kier alpha value is -3.55. The van der Waals surface area contributed by atoms with Crippen LogP contribution in [0.1, 0.15) is 28.4 Å². The maximum atomic E-state index is 13.1. The molecule has 28 heavy (non-hydrogen) atoms. The molecule has 0 aromatic heterocycles. The number of ether oxygens (including phenoxy) is 2. The summed E-state index contributed by atoms with van der Waals surface area (Å²) in [5, 5.41) is 2.77. The van der Waals surface area contributed by atoms with E-state index in [-0.39, 0.29) is 12.5 Å². The summed E-state index contributed by atoms with van der Waals surface area (Å²) in [7, 11) is 0. The standard InChI is InChI=1S/C20H19N3O5/c1-20(14-6-7-15-16(10-14)28-9-8-27-15)18(25)23(19(26)22-20)11-12-2-4-13(5-3-12)17(21)24/h2-7,10H,8-9,11H2,1H3,(H2,21,24)(H,22,26)/t20-/m0/s1. The quantitative estimate of drug-likeness (QED) is 0.780. The molecule has 1 saturated heterocycles. The van der Waals surface area contributed by atoms with Crippen LogP contribution in [0.3, 0.4) is 0 Å². The second kappa shape index (κ2) is 6.56. The first-order valence-electron chi connectivity index (χ1n) is 8.81. The van der Waals surface area contributed by atoms with E-state index in [1.54, 1.807) is 49.4 Å². The molecule has 0 radical (unpaired) electrons. The second-order valence-electron chi connectivity index (χ2n) is 6.87. The Labute approximate surface area is 161 Å². The minimum Gasteiger partial charge on any atom is -0.486 e. The molecule has 8 heteroatoms. The van der Waals surface area contributed by atoms with Crippen molar-refractivity contribution in [3.8, 4) is 11.5 Å². The molecular formula is C20H19N3O5. The highest BCUT2D eigenvalue weighted by Crippen LogP contribution is 2.37. The molecule has 4 amide bonds. The van der Waals surface area contributed by atoms with Crippen molar-refractivity contribution in [1.82, 2.24) is 10.2 Å². The average Bonchev–Trinajstić information content (AvgIpc) is 2.92. The molecule has 0 saturated carbocycles. The van der Waals surface area contributed by atoms with Crippen LogP contribution in [0.2, 0.25) is 0 Å². The third-order valence-corrected chi connectivity index (χ3v) is 4.97. The molecule has 0 aliphatic carbocycles. The molecule has 1 fully saturated rings. The number of nitrogens with two attached hydrogens (primary N) is 1. The Morgan fingerprint density at radius 3 is 2.46 bits per heavy atom. The first-order chi connectivity index (χ1) is 13.4. The number of imide groups is 1. The van der Waals surface area contributed by atoms with Gasteiger partial charge in [0.05, 0.1) is 6.54 Å². The van der Waals surface area contributed by atoms with Gasteiger partial charge in [-0.05, 0) is 42.3 Å². The predicted octanol–water partition coefficient (Wildman–Crippen LogP) is 1.52. The number of carbonyl (C=O) groups is 3. The van der Waals surface area contributed by atoms with Crippen molar-refractivity contribution in [2.75, 3.05) is 13.2 Å². The highest BCUT2D eigenvalue weighted by atomic mass is 16.6. The van der Waals surface area contributed by atoms with E-state index in [9.17, 15) is 14.4 Å². The van der Waals surface area contributed by atoms with Crippen LogP contribution < -0.4 is 20.5 Å². The largest absolute Gasteiger partial charge is 0.486 e. The zero-order chi connectivity index (χ0) is 19.9. The van der Waals surface area contributed by atoms with Gasteiger partial charge < -0.3 is 20.5 Å². The molecule has 4 rings (SSSR count). The molecule has 0 unspecified atom stereocenters. The van der Waals surface area contributed by atoms with Crippen LogP contribution in [-0.2, 0) is 16.9 Å². The third kappa shape index (κ3) is 2.92. The van der Waals surface area contributed by atoms with Crippen LogP contribution in [0.25, 0.3) is 0 Å². The summed E-state index contributed by atoms with van der Waals surface area (Å²) in [6.45, 7) is 2.65. The van der Waals surface area contributed by atoms with Crippen LogP contribution in [0.15, 0.2) is 42.5 Å². The molecule has 0 bridgehead atoms. The van der Waals surface area contributed by atoms with Gasteiger partial charge in [0.2, 0.25) is 5.91 Å².